The van der Waals surface area contributed by atoms with Crippen LogP contribution in [0.4, 0.5) is 0 Å². The molecule has 1 N–H and O–H groups in total. The number of thioether (sulfide) groups is 1. The fourth-order valence-corrected chi connectivity index (χ4v) is 2.86. The van der Waals surface area contributed by atoms with Gasteiger partial charge in [0.25, 0.3) is 0 Å². The van der Waals surface area contributed by atoms with E-state index in [2.05, 4.69) is 37.4 Å². The van der Waals surface area contributed by atoms with Crippen LogP contribution in [0, 0.1) is 0 Å². The zero-order valence-corrected chi connectivity index (χ0v) is 12.1. The lowest BCUT2D eigenvalue weighted by molar-refractivity contribution is -0.143. The lowest BCUT2D eigenvalue weighted by atomic mass is 9.77. The van der Waals surface area contributed by atoms with Gasteiger partial charge in [-0.25, -0.2) is 4.79 Å². The topological polar surface area (TPSA) is 38.3 Å². The molecule has 0 bridgehead atoms. The lowest BCUT2D eigenvalue weighted by Crippen LogP contribution is -2.44. The number of carbonyl (C=O) groups is 1. The second-order valence-electron chi connectivity index (χ2n) is 5.17. The van der Waals surface area contributed by atoms with Gasteiger partial charge in [0.15, 0.2) is 0 Å². The molecular weight excluding hydrogens is 246 g/mol. The monoisotopic (exact) mass is 265 g/mol. The first-order chi connectivity index (χ1) is 8.49. The van der Waals surface area contributed by atoms with E-state index in [1.165, 1.54) is 17.6 Å². The van der Waals surface area contributed by atoms with E-state index in [9.17, 15) is 4.79 Å². The number of hydrogen-bond donors (Lipinski definition) is 1. The van der Waals surface area contributed by atoms with Crippen molar-refractivity contribution >= 4 is 17.7 Å². The van der Waals surface area contributed by atoms with Crippen molar-refractivity contribution in [3.05, 3.63) is 29.3 Å². The van der Waals surface area contributed by atoms with Gasteiger partial charge in [-0.3, -0.25) is 5.32 Å². The van der Waals surface area contributed by atoms with E-state index in [-0.39, 0.29) is 17.4 Å². The zero-order chi connectivity index (χ0) is 13.3. The van der Waals surface area contributed by atoms with Crippen molar-refractivity contribution in [2.45, 2.75) is 30.2 Å². The van der Waals surface area contributed by atoms with Gasteiger partial charge < -0.3 is 4.74 Å². The molecule has 0 fully saturated rings. The van der Waals surface area contributed by atoms with Crippen LogP contribution in [0.2, 0.25) is 0 Å². The van der Waals surface area contributed by atoms with Crippen LogP contribution in [0.1, 0.15) is 31.0 Å². The summed E-state index contributed by atoms with van der Waals surface area (Å²) in [7, 11) is 1.43. The Kier molecular flexibility index (Phi) is 3.69. The maximum absolute atomic E-state index is 11.8. The van der Waals surface area contributed by atoms with Crippen molar-refractivity contribution in [1.82, 2.24) is 5.32 Å². The first-order valence-corrected chi connectivity index (χ1v) is 7.21. The molecule has 3 nitrogen and oxygen atoms in total. The largest absolute Gasteiger partial charge is 0.468 e. The van der Waals surface area contributed by atoms with Crippen LogP contribution in [0.25, 0.3) is 0 Å². The molecule has 1 aromatic rings. The van der Waals surface area contributed by atoms with Crippen molar-refractivity contribution in [3.8, 4) is 0 Å². The molecule has 4 heteroatoms. The molecule has 0 saturated carbocycles. The summed E-state index contributed by atoms with van der Waals surface area (Å²) in [6, 6.07) is 6.00. The molecule has 1 aromatic carbocycles. The van der Waals surface area contributed by atoms with Gasteiger partial charge in [0.1, 0.15) is 6.04 Å². The molecular formula is C14H19NO2S. The molecule has 0 radical (unpaired) electrons. The Morgan fingerprint density at radius 2 is 2.22 bits per heavy atom. The summed E-state index contributed by atoms with van der Waals surface area (Å²) in [6.07, 6.45) is 2.04. The van der Waals surface area contributed by atoms with Crippen LogP contribution >= 0.6 is 11.8 Å². The molecule has 1 aliphatic rings. The SMILES string of the molecule is COC(=O)C1NCC(C)(C)c2ccc(SC)cc21. The highest BCUT2D eigenvalue weighted by atomic mass is 32.2. The summed E-state index contributed by atoms with van der Waals surface area (Å²) < 4.78 is 4.88. The third-order valence-corrected chi connectivity index (χ3v) is 4.21. The third-order valence-electron chi connectivity index (χ3n) is 3.48. The Morgan fingerprint density at radius 3 is 2.83 bits per heavy atom. The molecule has 1 atom stereocenters. The van der Waals surface area contributed by atoms with Crippen LogP contribution in [-0.2, 0) is 14.9 Å². The Balaban J connectivity index is 2.52. The normalized spacial score (nSPS) is 21.2. The molecule has 1 heterocycles. The lowest BCUT2D eigenvalue weighted by Gasteiger charge is -2.37. The molecule has 0 aromatic heterocycles. The first-order valence-electron chi connectivity index (χ1n) is 5.99. The maximum Gasteiger partial charge on any atom is 0.327 e. The summed E-state index contributed by atoms with van der Waals surface area (Å²) >= 11 is 1.68. The molecule has 1 aliphatic heterocycles. The molecule has 0 aliphatic carbocycles. The Labute approximate surface area is 112 Å². The minimum Gasteiger partial charge on any atom is -0.468 e. The van der Waals surface area contributed by atoms with Crippen LogP contribution < -0.4 is 5.32 Å². The van der Waals surface area contributed by atoms with Crippen LogP contribution in [0.15, 0.2) is 23.1 Å². The minimum absolute atomic E-state index is 0.0385. The van der Waals surface area contributed by atoms with Gasteiger partial charge in [-0.1, -0.05) is 19.9 Å². The maximum atomic E-state index is 11.8. The highest BCUT2D eigenvalue weighted by molar-refractivity contribution is 7.98. The molecule has 18 heavy (non-hydrogen) atoms. The van der Waals surface area contributed by atoms with E-state index >= 15 is 0 Å². The summed E-state index contributed by atoms with van der Waals surface area (Å²) in [5, 5.41) is 3.28. The zero-order valence-electron chi connectivity index (χ0n) is 11.2. The highest BCUT2D eigenvalue weighted by Gasteiger charge is 2.36. The van der Waals surface area contributed by atoms with E-state index in [0.29, 0.717) is 0 Å². The Hall–Kier alpha value is -1.00. The predicted molar refractivity (Wildman–Crippen MR) is 74.0 cm³/mol. The van der Waals surface area contributed by atoms with Gasteiger partial charge in [-0.2, -0.15) is 0 Å². The number of ether oxygens (including phenoxy) is 1. The summed E-state index contributed by atoms with van der Waals surface area (Å²) in [4.78, 5) is 13.0. The van der Waals surface area contributed by atoms with Crippen LogP contribution in [0.3, 0.4) is 0 Å². The van der Waals surface area contributed by atoms with E-state index in [0.717, 1.165) is 12.1 Å². The molecule has 1 unspecified atom stereocenters. The number of rotatable bonds is 2. The predicted octanol–water partition coefficient (Wildman–Crippen LogP) is 2.50. The Morgan fingerprint density at radius 1 is 1.50 bits per heavy atom. The quantitative estimate of drug-likeness (QED) is 0.658. The van der Waals surface area contributed by atoms with E-state index < -0.39 is 0 Å². The molecule has 0 spiro atoms. The van der Waals surface area contributed by atoms with Crippen molar-refractivity contribution in [2.75, 3.05) is 19.9 Å². The van der Waals surface area contributed by atoms with Gasteiger partial charge in [-0.15, -0.1) is 11.8 Å². The van der Waals surface area contributed by atoms with Gasteiger partial charge in [0.05, 0.1) is 7.11 Å². The smallest absolute Gasteiger partial charge is 0.327 e. The third kappa shape index (κ3) is 2.27. The van der Waals surface area contributed by atoms with E-state index in [1.54, 1.807) is 11.8 Å². The van der Waals surface area contributed by atoms with Gasteiger partial charge in [0.2, 0.25) is 0 Å². The van der Waals surface area contributed by atoms with Crippen LogP contribution in [0.5, 0.6) is 0 Å². The van der Waals surface area contributed by atoms with Crippen molar-refractivity contribution in [3.63, 3.8) is 0 Å². The minimum atomic E-state index is -0.342. The second kappa shape index (κ2) is 4.94. The number of methoxy groups -OCH3 is 1. The number of fused-ring (bicyclic) bond motifs is 1. The number of hydrogen-bond acceptors (Lipinski definition) is 4. The first kappa shape index (κ1) is 13.4. The fourth-order valence-electron chi connectivity index (χ4n) is 2.41. The van der Waals surface area contributed by atoms with Crippen LogP contribution in [-0.4, -0.2) is 25.9 Å². The highest BCUT2D eigenvalue weighted by Crippen LogP contribution is 2.36. The van der Waals surface area contributed by atoms with Crippen molar-refractivity contribution < 1.29 is 9.53 Å². The molecule has 98 valence electrons. The van der Waals surface area contributed by atoms with E-state index in [1.807, 2.05) is 6.26 Å². The number of esters is 1. The summed E-state index contributed by atoms with van der Waals surface area (Å²) in [6.45, 7) is 5.15. The van der Waals surface area contributed by atoms with Gasteiger partial charge in [0, 0.05) is 16.9 Å². The standard InChI is InChI=1S/C14H19NO2S/c1-14(2)8-15-12(13(16)17-3)10-7-9(18-4)5-6-11(10)14/h5-7,12,15H,8H2,1-4H3. The average Bonchev–Trinajstić information content (AvgIpc) is 2.37. The second-order valence-corrected chi connectivity index (χ2v) is 6.05. The summed E-state index contributed by atoms with van der Waals surface area (Å²) in [5.74, 6) is -0.218. The van der Waals surface area contributed by atoms with Crippen molar-refractivity contribution in [1.29, 1.82) is 0 Å². The average molecular weight is 265 g/mol. The number of carbonyl (C=O) groups excluding carboxylic acids is 1. The van der Waals surface area contributed by atoms with Gasteiger partial charge >= 0.3 is 5.97 Å². The van der Waals surface area contributed by atoms with Gasteiger partial charge in [-0.05, 0) is 29.5 Å². The molecule has 0 amide bonds. The fraction of sp³-hybridized carbons (Fsp3) is 0.500. The number of benzene rings is 1. The molecule has 0 saturated heterocycles. The molecule has 2 rings (SSSR count). The number of nitrogens with one attached hydrogen (secondary N) is 1. The Bertz CT molecular complexity index is 471. The van der Waals surface area contributed by atoms with Crippen molar-refractivity contribution in [2.24, 2.45) is 0 Å². The van der Waals surface area contributed by atoms with E-state index in [4.69, 9.17) is 4.74 Å². The summed E-state index contributed by atoms with van der Waals surface area (Å²) in [5.41, 5.74) is 2.32.